The van der Waals surface area contributed by atoms with E-state index in [1.165, 1.54) is 32.4 Å². The zero-order valence-electron chi connectivity index (χ0n) is 8.22. The SMILES string of the molecule is CC[C@@H]1CC[C@H](C)N(CCBr)C1. The highest BCUT2D eigenvalue weighted by molar-refractivity contribution is 9.09. The summed E-state index contributed by atoms with van der Waals surface area (Å²) in [7, 11) is 0. The number of alkyl halides is 1. The van der Waals surface area contributed by atoms with E-state index in [1.807, 2.05) is 0 Å². The van der Waals surface area contributed by atoms with Crippen molar-refractivity contribution in [3.8, 4) is 0 Å². The van der Waals surface area contributed by atoms with Crippen molar-refractivity contribution in [2.24, 2.45) is 5.92 Å². The Kier molecular flexibility index (Phi) is 4.59. The van der Waals surface area contributed by atoms with Gasteiger partial charge in [-0.25, -0.2) is 0 Å². The second kappa shape index (κ2) is 5.23. The van der Waals surface area contributed by atoms with Crippen molar-refractivity contribution < 1.29 is 0 Å². The van der Waals surface area contributed by atoms with Gasteiger partial charge in [0.15, 0.2) is 0 Å². The van der Waals surface area contributed by atoms with E-state index in [0.29, 0.717) is 0 Å². The van der Waals surface area contributed by atoms with Crippen LogP contribution in [-0.2, 0) is 0 Å². The molecule has 0 saturated carbocycles. The van der Waals surface area contributed by atoms with Crippen LogP contribution in [0.2, 0.25) is 0 Å². The summed E-state index contributed by atoms with van der Waals surface area (Å²) in [6.45, 7) is 7.21. The Bertz CT molecular complexity index is 127. The van der Waals surface area contributed by atoms with Gasteiger partial charge in [-0.2, -0.15) is 0 Å². The average molecular weight is 234 g/mol. The Morgan fingerprint density at radius 3 is 2.75 bits per heavy atom. The summed E-state index contributed by atoms with van der Waals surface area (Å²) >= 11 is 3.51. The topological polar surface area (TPSA) is 3.24 Å². The van der Waals surface area contributed by atoms with Crippen molar-refractivity contribution in [1.29, 1.82) is 0 Å². The minimum Gasteiger partial charge on any atom is -0.300 e. The fourth-order valence-corrected chi connectivity index (χ4v) is 2.47. The van der Waals surface area contributed by atoms with Gasteiger partial charge < -0.3 is 0 Å². The molecule has 0 N–H and O–H groups in total. The summed E-state index contributed by atoms with van der Waals surface area (Å²) < 4.78 is 0. The van der Waals surface area contributed by atoms with E-state index in [2.05, 4.69) is 34.7 Å². The first-order valence-corrected chi connectivity index (χ1v) is 6.20. The molecule has 1 aliphatic rings. The molecule has 2 heteroatoms. The molecule has 1 aliphatic heterocycles. The van der Waals surface area contributed by atoms with Gasteiger partial charge in [0.05, 0.1) is 0 Å². The van der Waals surface area contributed by atoms with Crippen molar-refractivity contribution in [2.75, 3.05) is 18.4 Å². The lowest BCUT2D eigenvalue weighted by molar-refractivity contribution is 0.124. The largest absolute Gasteiger partial charge is 0.300 e. The lowest BCUT2D eigenvalue weighted by atomic mass is 9.92. The minimum absolute atomic E-state index is 0.811. The van der Waals surface area contributed by atoms with E-state index in [0.717, 1.165) is 17.3 Å². The lowest BCUT2D eigenvalue weighted by Crippen LogP contribution is -2.42. The van der Waals surface area contributed by atoms with Crippen molar-refractivity contribution in [3.05, 3.63) is 0 Å². The second-order valence-corrected chi connectivity index (χ2v) is 4.68. The Hall–Kier alpha value is 0.440. The summed E-state index contributed by atoms with van der Waals surface area (Å²) in [4.78, 5) is 2.62. The molecule has 1 nitrogen and oxygen atoms in total. The Morgan fingerprint density at radius 1 is 1.42 bits per heavy atom. The minimum atomic E-state index is 0.811. The highest BCUT2D eigenvalue weighted by Crippen LogP contribution is 2.23. The van der Waals surface area contributed by atoms with Crippen molar-refractivity contribution in [2.45, 2.75) is 39.2 Å². The Labute approximate surface area is 84.6 Å². The molecule has 0 amide bonds. The van der Waals surface area contributed by atoms with Gasteiger partial charge in [0.1, 0.15) is 0 Å². The molecule has 0 spiro atoms. The molecule has 0 aromatic rings. The smallest absolute Gasteiger partial charge is 0.0159 e. The predicted octanol–water partition coefficient (Wildman–Crippen LogP) is 2.89. The van der Waals surface area contributed by atoms with Crippen LogP contribution in [0.4, 0.5) is 0 Å². The molecule has 12 heavy (non-hydrogen) atoms. The molecular weight excluding hydrogens is 214 g/mol. The van der Waals surface area contributed by atoms with Crippen molar-refractivity contribution >= 4 is 15.9 Å². The first kappa shape index (κ1) is 10.5. The highest BCUT2D eigenvalue weighted by Gasteiger charge is 2.23. The van der Waals surface area contributed by atoms with Crippen molar-refractivity contribution in [1.82, 2.24) is 4.90 Å². The fraction of sp³-hybridized carbons (Fsp3) is 1.00. The van der Waals surface area contributed by atoms with Crippen LogP contribution in [0.15, 0.2) is 0 Å². The molecule has 1 rings (SSSR count). The number of rotatable bonds is 3. The van der Waals surface area contributed by atoms with Crippen LogP contribution < -0.4 is 0 Å². The van der Waals surface area contributed by atoms with Gasteiger partial charge in [-0.3, -0.25) is 4.90 Å². The van der Waals surface area contributed by atoms with Crippen LogP contribution in [0.25, 0.3) is 0 Å². The summed E-state index contributed by atoms with van der Waals surface area (Å²) in [5.41, 5.74) is 0. The van der Waals surface area contributed by atoms with E-state index in [-0.39, 0.29) is 0 Å². The predicted molar refractivity (Wildman–Crippen MR) is 57.8 cm³/mol. The van der Waals surface area contributed by atoms with E-state index in [9.17, 15) is 0 Å². The zero-order valence-corrected chi connectivity index (χ0v) is 9.81. The number of piperidine rings is 1. The van der Waals surface area contributed by atoms with E-state index in [4.69, 9.17) is 0 Å². The van der Waals surface area contributed by atoms with Gasteiger partial charge in [0.25, 0.3) is 0 Å². The van der Waals surface area contributed by atoms with Gasteiger partial charge in [-0.1, -0.05) is 29.3 Å². The van der Waals surface area contributed by atoms with Crippen LogP contribution in [0.1, 0.15) is 33.1 Å². The molecule has 1 heterocycles. The van der Waals surface area contributed by atoms with E-state index >= 15 is 0 Å². The molecule has 0 unspecified atom stereocenters. The summed E-state index contributed by atoms with van der Waals surface area (Å²) in [5.74, 6) is 0.959. The molecule has 2 atom stereocenters. The third-order valence-corrected chi connectivity index (χ3v) is 3.41. The molecule has 72 valence electrons. The van der Waals surface area contributed by atoms with Gasteiger partial charge in [-0.15, -0.1) is 0 Å². The number of likely N-dealkylation sites (tertiary alicyclic amines) is 1. The van der Waals surface area contributed by atoms with Crippen LogP contribution >= 0.6 is 15.9 Å². The molecule has 1 fully saturated rings. The summed E-state index contributed by atoms with van der Waals surface area (Å²) in [6.07, 6.45) is 4.19. The van der Waals surface area contributed by atoms with Crippen LogP contribution in [0.5, 0.6) is 0 Å². The molecule has 0 bridgehead atoms. The van der Waals surface area contributed by atoms with Gasteiger partial charge in [-0.05, 0) is 25.7 Å². The fourth-order valence-electron chi connectivity index (χ4n) is 2.02. The molecule has 0 aromatic heterocycles. The molecule has 0 radical (unpaired) electrons. The zero-order chi connectivity index (χ0) is 8.97. The first-order chi connectivity index (χ1) is 5.77. The van der Waals surface area contributed by atoms with Gasteiger partial charge in [0.2, 0.25) is 0 Å². The number of nitrogens with zero attached hydrogens (tertiary/aromatic N) is 1. The number of hydrogen-bond donors (Lipinski definition) is 0. The summed E-state index contributed by atoms with van der Waals surface area (Å²) in [5, 5.41) is 1.12. The number of halogens is 1. The monoisotopic (exact) mass is 233 g/mol. The molecule has 1 saturated heterocycles. The van der Waals surface area contributed by atoms with Gasteiger partial charge >= 0.3 is 0 Å². The van der Waals surface area contributed by atoms with Crippen LogP contribution in [-0.4, -0.2) is 29.4 Å². The third kappa shape index (κ3) is 2.74. The maximum atomic E-state index is 3.51. The summed E-state index contributed by atoms with van der Waals surface area (Å²) in [6, 6.07) is 0.811. The maximum Gasteiger partial charge on any atom is 0.0159 e. The Morgan fingerprint density at radius 2 is 2.17 bits per heavy atom. The number of hydrogen-bond acceptors (Lipinski definition) is 1. The normalized spacial score (nSPS) is 32.2. The van der Waals surface area contributed by atoms with E-state index < -0.39 is 0 Å². The molecule has 0 aromatic carbocycles. The third-order valence-electron chi connectivity index (χ3n) is 3.06. The van der Waals surface area contributed by atoms with E-state index in [1.54, 1.807) is 0 Å². The molecular formula is C10H20BrN. The van der Waals surface area contributed by atoms with Crippen LogP contribution in [0, 0.1) is 5.92 Å². The average Bonchev–Trinajstić information content (AvgIpc) is 2.09. The Balaban J connectivity index is 2.36. The quantitative estimate of drug-likeness (QED) is 0.679. The maximum absolute atomic E-state index is 3.51. The lowest BCUT2D eigenvalue weighted by Gasteiger charge is -2.37. The van der Waals surface area contributed by atoms with Crippen molar-refractivity contribution in [3.63, 3.8) is 0 Å². The second-order valence-electron chi connectivity index (χ2n) is 3.88. The van der Waals surface area contributed by atoms with Crippen LogP contribution in [0.3, 0.4) is 0 Å². The molecule has 0 aliphatic carbocycles. The first-order valence-electron chi connectivity index (χ1n) is 5.08. The highest BCUT2D eigenvalue weighted by atomic mass is 79.9. The standard InChI is InChI=1S/C10H20BrN/c1-3-10-5-4-9(2)12(8-10)7-6-11/h9-10H,3-8H2,1-2H3/t9-,10+/m0/s1. The van der Waals surface area contributed by atoms with Gasteiger partial charge in [0, 0.05) is 24.5 Å².